The van der Waals surface area contributed by atoms with Gasteiger partial charge in [-0.3, -0.25) is 9.59 Å². The van der Waals surface area contributed by atoms with Crippen LogP contribution in [0.5, 0.6) is 0 Å². The van der Waals surface area contributed by atoms with Crippen molar-refractivity contribution in [3.05, 3.63) is 93.7 Å². The molecule has 0 saturated heterocycles. The van der Waals surface area contributed by atoms with Crippen LogP contribution in [0.15, 0.2) is 65.5 Å². The fraction of sp³-hybridized carbons (Fsp3) is 0.308. The summed E-state index contributed by atoms with van der Waals surface area (Å²) in [4.78, 5) is 33.7. The maximum Gasteiger partial charge on any atom is 0.267 e. The summed E-state index contributed by atoms with van der Waals surface area (Å²) in [5.74, 6) is 0.426. The molecular formula is C26H27N5O2. The summed E-state index contributed by atoms with van der Waals surface area (Å²) in [6.45, 7) is -0.113. The van der Waals surface area contributed by atoms with E-state index in [4.69, 9.17) is 4.98 Å². The van der Waals surface area contributed by atoms with Crippen LogP contribution in [0.25, 0.3) is 11.0 Å². The molecule has 2 aromatic heterocycles. The maximum absolute atomic E-state index is 13.0. The highest BCUT2D eigenvalue weighted by Crippen LogP contribution is 2.20. The lowest BCUT2D eigenvalue weighted by molar-refractivity contribution is -0.122. The number of para-hydroxylation sites is 2. The van der Waals surface area contributed by atoms with Crippen molar-refractivity contribution in [1.82, 2.24) is 25.1 Å². The number of carbonyl (C=O) groups is 1. The molecule has 0 radical (unpaired) electrons. The van der Waals surface area contributed by atoms with Crippen molar-refractivity contribution in [3.8, 4) is 0 Å². The first-order valence-corrected chi connectivity index (χ1v) is 11.5. The minimum atomic E-state index is -0.358. The van der Waals surface area contributed by atoms with E-state index >= 15 is 0 Å². The van der Waals surface area contributed by atoms with Gasteiger partial charge in [0.25, 0.3) is 5.56 Å². The average Bonchev–Trinajstić information content (AvgIpc) is 3.13. The van der Waals surface area contributed by atoms with Crippen LogP contribution in [-0.2, 0) is 30.6 Å². The quantitative estimate of drug-likeness (QED) is 0.448. The Bertz CT molecular complexity index is 1290. The van der Waals surface area contributed by atoms with E-state index < -0.39 is 0 Å². The van der Waals surface area contributed by atoms with Gasteiger partial charge in [0.1, 0.15) is 12.4 Å². The van der Waals surface area contributed by atoms with E-state index in [0.717, 1.165) is 60.0 Å². The number of aromatic amines is 1. The van der Waals surface area contributed by atoms with E-state index in [-0.39, 0.29) is 24.1 Å². The van der Waals surface area contributed by atoms with Gasteiger partial charge in [0.15, 0.2) is 0 Å². The Morgan fingerprint density at radius 1 is 1.03 bits per heavy atom. The third kappa shape index (κ3) is 4.87. The number of nitrogens with one attached hydrogen (secondary N) is 2. The fourth-order valence-electron chi connectivity index (χ4n) is 4.47. The number of aromatic nitrogens is 4. The summed E-state index contributed by atoms with van der Waals surface area (Å²) in [5.41, 5.74) is 4.60. The van der Waals surface area contributed by atoms with Gasteiger partial charge < -0.3 is 10.3 Å². The Hall–Kier alpha value is -3.74. The molecule has 1 amide bonds. The van der Waals surface area contributed by atoms with Crippen molar-refractivity contribution in [1.29, 1.82) is 0 Å². The molecule has 5 rings (SSSR count). The van der Waals surface area contributed by atoms with E-state index in [9.17, 15) is 9.59 Å². The molecule has 1 aliphatic rings. The minimum absolute atomic E-state index is 0.113. The Morgan fingerprint density at radius 2 is 1.82 bits per heavy atom. The second kappa shape index (κ2) is 9.40. The van der Waals surface area contributed by atoms with E-state index in [1.165, 1.54) is 4.68 Å². The van der Waals surface area contributed by atoms with Crippen LogP contribution in [0, 0.1) is 0 Å². The summed E-state index contributed by atoms with van der Waals surface area (Å²) in [5, 5.41) is 7.61. The van der Waals surface area contributed by atoms with Crippen molar-refractivity contribution in [2.75, 3.05) is 0 Å². The van der Waals surface area contributed by atoms with E-state index in [1.807, 2.05) is 54.6 Å². The van der Waals surface area contributed by atoms with Crippen LogP contribution < -0.4 is 10.9 Å². The number of hydrogen-bond donors (Lipinski definition) is 2. The molecule has 2 N–H and O–H groups in total. The Balaban J connectivity index is 1.39. The largest absolute Gasteiger partial charge is 0.344 e. The molecule has 0 bridgehead atoms. The van der Waals surface area contributed by atoms with Gasteiger partial charge in [-0.15, -0.1) is 0 Å². The highest BCUT2D eigenvalue weighted by Gasteiger charge is 2.20. The smallest absolute Gasteiger partial charge is 0.267 e. The van der Waals surface area contributed by atoms with Crippen molar-refractivity contribution in [2.24, 2.45) is 0 Å². The third-order valence-electron chi connectivity index (χ3n) is 6.17. The molecule has 7 nitrogen and oxygen atoms in total. The lowest BCUT2D eigenvalue weighted by atomic mass is 10.1. The van der Waals surface area contributed by atoms with E-state index in [1.54, 1.807) is 6.07 Å². The SMILES string of the molecule is O=C(Cn1nc2c(cc1=O)CCCCC2)NC(Cc1ccccc1)c1nc2ccccc2[nH]1. The van der Waals surface area contributed by atoms with Crippen LogP contribution >= 0.6 is 0 Å². The number of fused-ring (bicyclic) bond motifs is 2. The number of benzene rings is 2. The Labute approximate surface area is 191 Å². The van der Waals surface area contributed by atoms with Gasteiger partial charge in [0.05, 0.1) is 22.8 Å². The van der Waals surface area contributed by atoms with Gasteiger partial charge in [-0.05, 0) is 55.4 Å². The predicted octanol–water partition coefficient (Wildman–Crippen LogP) is 3.49. The molecule has 1 atom stereocenters. The number of hydrogen-bond acceptors (Lipinski definition) is 4. The number of imidazole rings is 1. The molecule has 0 spiro atoms. The number of amides is 1. The molecule has 7 heteroatoms. The molecule has 0 aliphatic heterocycles. The first kappa shape index (κ1) is 21.1. The number of H-pyrrole nitrogens is 1. The molecule has 4 aromatic rings. The standard InChI is InChI=1S/C26H27N5O2/c32-24(17-31-25(33)16-19-11-5-2-6-12-20(19)30-31)27-23(15-18-9-3-1-4-10-18)26-28-21-13-7-8-14-22(21)29-26/h1,3-4,7-10,13-14,16,23H,2,5-6,11-12,15,17H2,(H,27,32)(H,28,29). The third-order valence-corrected chi connectivity index (χ3v) is 6.17. The molecule has 33 heavy (non-hydrogen) atoms. The topological polar surface area (TPSA) is 92.7 Å². The van der Waals surface area contributed by atoms with Crippen molar-refractivity contribution < 1.29 is 4.79 Å². The minimum Gasteiger partial charge on any atom is -0.344 e. The zero-order valence-corrected chi connectivity index (χ0v) is 18.5. The van der Waals surface area contributed by atoms with E-state index in [2.05, 4.69) is 15.4 Å². The van der Waals surface area contributed by atoms with Gasteiger partial charge in [-0.1, -0.05) is 48.9 Å². The van der Waals surface area contributed by atoms with Crippen LogP contribution in [0.3, 0.4) is 0 Å². The monoisotopic (exact) mass is 441 g/mol. The summed E-state index contributed by atoms with van der Waals surface area (Å²) in [6, 6.07) is 19.1. The second-order valence-corrected chi connectivity index (χ2v) is 8.62. The molecule has 0 fully saturated rings. The molecular weight excluding hydrogens is 414 g/mol. The highest BCUT2D eigenvalue weighted by atomic mass is 16.2. The second-order valence-electron chi connectivity index (χ2n) is 8.62. The summed E-state index contributed by atoms with van der Waals surface area (Å²) < 4.78 is 1.29. The molecule has 2 aromatic carbocycles. The number of nitrogens with zero attached hydrogens (tertiary/aromatic N) is 3. The van der Waals surface area contributed by atoms with Gasteiger partial charge in [0.2, 0.25) is 5.91 Å². The van der Waals surface area contributed by atoms with Gasteiger partial charge in [-0.25, -0.2) is 9.67 Å². The lowest BCUT2D eigenvalue weighted by Gasteiger charge is -2.17. The fourth-order valence-corrected chi connectivity index (χ4v) is 4.47. The summed E-state index contributed by atoms with van der Waals surface area (Å²) in [6.07, 6.45) is 5.61. The average molecular weight is 442 g/mol. The van der Waals surface area contributed by atoms with Crippen LogP contribution in [-0.4, -0.2) is 25.7 Å². The Kier molecular flexibility index (Phi) is 6.02. The van der Waals surface area contributed by atoms with Crippen molar-refractivity contribution in [3.63, 3.8) is 0 Å². The zero-order valence-electron chi connectivity index (χ0n) is 18.5. The number of carbonyl (C=O) groups excluding carboxylic acids is 1. The maximum atomic E-state index is 13.0. The van der Waals surface area contributed by atoms with Crippen LogP contribution in [0.4, 0.5) is 0 Å². The number of aryl methyl sites for hydroxylation is 2. The molecule has 168 valence electrons. The Morgan fingerprint density at radius 3 is 2.67 bits per heavy atom. The van der Waals surface area contributed by atoms with Gasteiger partial charge in [-0.2, -0.15) is 5.10 Å². The van der Waals surface area contributed by atoms with Gasteiger partial charge >= 0.3 is 0 Å². The summed E-state index contributed by atoms with van der Waals surface area (Å²) in [7, 11) is 0. The normalized spacial score (nSPS) is 14.4. The summed E-state index contributed by atoms with van der Waals surface area (Å²) >= 11 is 0. The molecule has 1 aliphatic carbocycles. The van der Waals surface area contributed by atoms with Crippen LogP contribution in [0.1, 0.15) is 47.9 Å². The zero-order chi connectivity index (χ0) is 22.6. The molecule has 1 unspecified atom stereocenters. The molecule has 0 saturated carbocycles. The van der Waals surface area contributed by atoms with Crippen molar-refractivity contribution >= 4 is 16.9 Å². The first-order chi connectivity index (χ1) is 16.2. The van der Waals surface area contributed by atoms with Crippen LogP contribution in [0.2, 0.25) is 0 Å². The highest BCUT2D eigenvalue weighted by molar-refractivity contribution is 5.77. The lowest BCUT2D eigenvalue weighted by Crippen LogP contribution is -2.37. The predicted molar refractivity (Wildman–Crippen MR) is 127 cm³/mol. The van der Waals surface area contributed by atoms with Crippen molar-refractivity contribution in [2.45, 2.75) is 51.1 Å². The molecule has 2 heterocycles. The van der Waals surface area contributed by atoms with E-state index in [0.29, 0.717) is 12.2 Å². The first-order valence-electron chi connectivity index (χ1n) is 11.5. The van der Waals surface area contributed by atoms with Gasteiger partial charge in [0, 0.05) is 6.07 Å². The number of rotatable bonds is 6.